The highest BCUT2D eigenvalue weighted by Gasteiger charge is 2.31. The molecule has 8 heteroatoms. The number of fused-ring (bicyclic) bond motifs is 1. The molecule has 0 radical (unpaired) electrons. The second-order valence-corrected chi connectivity index (χ2v) is 8.98. The molecule has 0 bridgehead atoms. The lowest BCUT2D eigenvalue weighted by Gasteiger charge is -2.40. The van der Waals surface area contributed by atoms with Gasteiger partial charge in [0.2, 0.25) is 0 Å². The molecule has 0 amide bonds. The quantitative estimate of drug-likeness (QED) is 0.619. The first-order chi connectivity index (χ1) is 14.2. The average Bonchev–Trinajstić information content (AvgIpc) is 3.05. The molecule has 0 spiro atoms. The zero-order chi connectivity index (χ0) is 21.5. The fraction of sp³-hybridized carbons (Fsp3) is 0.545. The van der Waals surface area contributed by atoms with E-state index in [2.05, 4.69) is 42.6 Å². The van der Waals surface area contributed by atoms with Crippen molar-refractivity contribution in [1.29, 1.82) is 0 Å². The summed E-state index contributed by atoms with van der Waals surface area (Å²) in [6.45, 7) is 11.0. The normalized spacial score (nSPS) is 15.5. The summed E-state index contributed by atoms with van der Waals surface area (Å²) in [7, 11) is 3.97. The topological polar surface area (TPSA) is 72.2 Å². The number of aromatic nitrogens is 5. The number of nitrogens with zero attached hydrogens (tertiary/aromatic N) is 7. The number of aryl methyl sites for hydroxylation is 2. The molecule has 1 saturated heterocycles. The van der Waals surface area contributed by atoms with Gasteiger partial charge in [-0.05, 0) is 27.2 Å². The molecular weight excluding hydrogens is 378 g/mol. The van der Waals surface area contributed by atoms with Crippen LogP contribution in [0.15, 0.2) is 24.8 Å². The Hall–Kier alpha value is -2.58. The van der Waals surface area contributed by atoms with Gasteiger partial charge < -0.3 is 14.2 Å². The average molecular weight is 410 g/mol. The first-order valence-electron chi connectivity index (χ1n) is 10.5. The van der Waals surface area contributed by atoms with Crippen LogP contribution < -0.4 is 4.90 Å². The second kappa shape index (κ2) is 7.92. The number of hydrogen-bond acceptors (Lipinski definition) is 7. The van der Waals surface area contributed by atoms with Crippen molar-refractivity contribution in [2.75, 3.05) is 31.8 Å². The van der Waals surface area contributed by atoms with Crippen molar-refractivity contribution >= 4 is 22.7 Å². The zero-order valence-corrected chi connectivity index (χ0v) is 18.8. The first-order valence-corrected chi connectivity index (χ1v) is 10.5. The summed E-state index contributed by atoms with van der Waals surface area (Å²) in [5.41, 5.74) is 3.87. The van der Waals surface area contributed by atoms with Crippen LogP contribution in [-0.2, 0) is 18.2 Å². The molecule has 4 rings (SSSR count). The SMILES string of the molecule is CCc1nc(C2CN(COC(C)(C)C)C2)cnc1N(C)c1cc2c(cn1)ncn2C. The molecule has 30 heavy (non-hydrogen) atoms. The Morgan fingerprint density at radius 1 is 1.17 bits per heavy atom. The van der Waals surface area contributed by atoms with Gasteiger partial charge in [0.05, 0.1) is 48.0 Å². The second-order valence-electron chi connectivity index (χ2n) is 8.98. The third-order valence-corrected chi connectivity index (χ3v) is 5.49. The Bertz CT molecular complexity index is 1030. The summed E-state index contributed by atoms with van der Waals surface area (Å²) in [5, 5.41) is 0. The van der Waals surface area contributed by atoms with Gasteiger partial charge in [0.25, 0.3) is 0 Å². The molecule has 0 aromatic carbocycles. The highest BCUT2D eigenvalue weighted by molar-refractivity contribution is 5.78. The molecule has 0 aliphatic carbocycles. The van der Waals surface area contributed by atoms with Crippen LogP contribution in [0.1, 0.15) is 45.0 Å². The Balaban J connectivity index is 1.49. The first kappa shape index (κ1) is 20.7. The van der Waals surface area contributed by atoms with E-state index in [1.165, 1.54) is 0 Å². The van der Waals surface area contributed by atoms with Crippen LogP contribution in [0.4, 0.5) is 11.6 Å². The highest BCUT2D eigenvalue weighted by Crippen LogP contribution is 2.30. The number of pyridine rings is 1. The van der Waals surface area contributed by atoms with Gasteiger partial charge in [-0.15, -0.1) is 0 Å². The minimum Gasteiger partial charge on any atom is -0.360 e. The van der Waals surface area contributed by atoms with E-state index in [9.17, 15) is 0 Å². The number of likely N-dealkylation sites (tertiary alicyclic amines) is 1. The molecular formula is C22H31N7O. The maximum absolute atomic E-state index is 5.87. The van der Waals surface area contributed by atoms with E-state index in [0.717, 1.165) is 53.6 Å². The van der Waals surface area contributed by atoms with Crippen molar-refractivity contribution in [1.82, 2.24) is 29.4 Å². The standard InChI is InChI=1S/C22H31N7O/c1-7-16-21(28(6)20-8-19-18(10-23-20)25-13-27(19)5)24-9-17(26-16)15-11-29(12-15)14-30-22(2,3)4/h8-10,13,15H,7,11-12,14H2,1-6H3. The lowest BCUT2D eigenvalue weighted by atomic mass is 9.97. The molecule has 1 fully saturated rings. The maximum atomic E-state index is 5.87. The van der Waals surface area contributed by atoms with Crippen LogP contribution >= 0.6 is 0 Å². The number of hydrogen-bond donors (Lipinski definition) is 0. The summed E-state index contributed by atoms with van der Waals surface area (Å²) >= 11 is 0. The van der Waals surface area contributed by atoms with Crippen molar-refractivity contribution < 1.29 is 4.74 Å². The van der Waals surface area contributed by atoms with E-state index in [0.29, 0.717) is 12.6 Å². The molecule has 0 atom stereocenters. The van der Waals surface area contributed by atoms with Crippen LogP contribution in [0.3, 0.4) is 0 Å². The summed E-state index contributed by atoms with van der Waals surface area (Å²) in [6, 6.07) is 2.04. The summed E-state index contributed by atoms with van der Waals surface area (Å²) < 4.78 is 7.86. The van der Waals surface area contributed by atoms with Gasteiger partial charge in [-0.1, -0.05) is 6.92 Å². The lowest BCUT2D eigenvalue weighted by Crippen LogP contribution is -2.47. The van der Waals surface area contributed by atoms with Gasteiger partial charge in [0.1, 0.15) is 11.3 Å². The van der Waals surface area contributed by atoms with E-state index in [4.69, 9.17) is 14.7 Å². The molecule has 1 aliphatic rings. The molecule has 4 heterocycles. The predicted octanol–water partition coefficient (Wildman–Crippen LogP) is 3.26. The van der Waals surface area contributed by atoms with Crippen LogP contribution in [0, 0.1) is 0 Å². The fourth-order valence-electron chi connectivity index (χ4n) is 3.61. The number of anilines is 2. The summed E-state index contributed by atoms with van der Waals surface area (Å²) in [4.78, 5) is 23.0. The predicted molar refractivity (Wildman–Crippen MR) is 118 cm³/mol. The van der Waals surface area contributed by atoms with E-state index in [1.807, 2.05) is 35.8 Å². The number of imidazole rings is 1. The highest BCUT2D eigenvalue weighted by atomic mass is 16.5. The minimum absolute atomic E-state index is 0.112. The molecule has 3 aromatic heterocycles. The molecule has 1 aliphatic heterocycles. The Morgan fingerprint density at radius 2 is 1.93 bits per heavy atom. The van der Waals surface area contributed by atoms with Crippen molar-refractivity contribution in [3.63, 3.8) is 0 Å². The summed E-state index contributed by atoms with van der Waals surface area (Å²) in [6.07, 6.45) is 6.34. The van der Waals surface area contributed by atoms with Crippen LogP contribution in [0.25, 0.3) is 11.0 Å². The summed E-state index contributed by atoms with van der Waals surface area (Å²) in [5.74, 6) is 2.09. The monoisotopic (exact) mass is 409 g/mol. The third kappa shape index (κ3) is 4.15. The number of rotatable bonds is 6. The number of ether oxygens (including phenoxy) is 1. The zero-order valence-electron chi connectivity index (χ0n) is 18.8. The smallest absolute Gasteiger partial charge is 0.155 e. The van der Waals surface area contributed by atoms with Gasteiger partial charge in [0.15, 0.2) is 5.82 Å². The van der Waals surface area contributed by atoms with Crippen LogP contribution in [-0.4, -0.2) is 61.9 Å². The maximum Gasteiger partial charge on any atom is 0.155 e. The van der Waals surface area contributed by atoms with Gasteiger partial charge >= 0.3 is 0 Å². The van der Waals surface area contributed by atoms with Gasteiger partial charge in [-0.25, -0.2) is 15.0 Å². The van der Waals surface area contributed by atoms with Crippen molar-refractivity contribution in [2.24, 2.45) is 7.05 Å². The Morgan fingerprint density at radius 3 is 2.63 bits per heavy atom. The lowest BCUT2D eigenvalue weighted by molar-refractivity contribution is -0.0863. The fourth-order valence-corrected chi connectivity index (χ4v) is 3.61. The third-order valence-electron chi connectivity index (χ3n) is 5.49. The van der Waals surface area contributed by atoms with Gasteiger partial charge in [-0.3, -0.25) is 9.88 Å². The molecule has 0 N–H and O–H groups in total. The van der Waals surface area contributed by atoms with Crippen molar-refractivity contribution in [3.8, 4) is 0 Å². The van der Waals surface area contributed by atoms with Crippen LogP contribution in [0.5, 0.6) is 0 Å². The minimum atomic E-state index is -0.112. The molecule has 0 unspecified atom stereocenters. The van der Waals surface area contributed by atoms with Crippen molar-refractivity contribution in [2.45, 2.75) is 45.6 Å². The Labute approximate surface area is 177 Å². The van der Waals surface area contributed by atoms with E-state index in [-0.39, 0.29) is 5.60 Å². The van der Waals surface area contributed by atoms with Gasteiger partial charge in [0, 0.05) is 39.2 Å². The molecule has 8 nitrogen and oxygen atoms in total. The molecule has 160 valence electrons. The molecule has 3 aromatic rings. The van der Waals surface area contributed by atoms with E-state index < -0.39 is 0 Å². The Kier molecular flexibility index (Phi) is 5.46. The van der Waals surface area contributed by atoms with Gasteiger partial charge in [-0.2, -0.15) is 0 Å². The van der Waals surface area contributed by atoms with Crippen molar-refractivity contribution in [3.05, 3.63) is 36.2 Å². The van der Waals surface area contributed by atoms with E-state index in [1.54, 1.807) is 12.5 Å². The largest absolute Gasteiger partial charge is 0.360 e. The van der Waals surface area contributed by atoms with Crippen LogP contribution in [0.2, 0.25) is 0 Å². The molecule has 0 saturated carbocycles. The van der Waals surface area contributed by atoms with E-state index >= 15 is 0 Å².